The molecule has 0 spiro atoms. The predicted molar refractivity (Wildman–Crippen MR) is 262 cm³/mol. The molecule has 0 saturated carbocycles. The fraction of sp³-hybridized carbons (Fsp3) is 0.138. The monoisotopic (exact) mass is 800 g/mol. The molecule has 0 unspecified atom stereocenters. The van der Waals surface area contributed by atoms with E-state index in [-0.39, 0.29) is 10.8 Å². The van der Waals surface area contributed by atoms with Gasteiger partial charge in [-0.2, -0.15) is 0 Å². The van der Waals surface area contributed by atoms with Crippen LogP contribution in [0.4, 0.5) is 0 Å². The first-order valence-electron chi connectivity index (χ1n) is 21.7. The van der Waals surface area contributed by atoms with Gasteiger partial charge >= 0.3 is 0 Å². The molecule has 0 aliphatic carbocycles. The lowest BCUT2D eigenvalue weighted by Crippen LogP contribution is -2.11. The Morgan fingerprint density at radius 1 is 0.468 bits per heavy atom. The first kappa shape index (κ1) is 37.7. The number of imidazole rings is 1. The molecule has 3 heterocycles. The average molecular weight is 801 g/mol. The molecule has 300 valence electrons. The predicted octanol–water partition coefficient (Wildman–Crippen LogP) is 15.6. The normalized spacial score (nSPS) is 12.4. The molecule has 0 aliphatic heterocycles. The van der Waals surface area contributed by atoms with E-state index in [1.807, 2.05) is 6.20 Å². The second kappa shape index (κ2) is 14.1. The van der Waals surface area contributed by atoms with Gasteiger partial charge in [0.25, 0.3) is 0 Å². The van der Waals surface area contributed by atoms with Crippen LogP contribution in [0, 0.1) is 0 Å². The highest BCUT2D eigenvalue weighted by atomic mass is 15.1. The van der Waals surface area contributed by atoms with Crippen molar-refractivity contribution in [3.05, 3.63) is 187 Å². The number of hydrogen-bond donors (Lipinski definition) is 1. The average Bonchev–Trinajstić information content (AvgIpc) is 3.86. The number of nitrogens with zero attached hydrogens (tertiary/aromatic N) is 3. The molecule has 0 fully saturated rings. The quantitative estimate of drug-likeness (QED) is 0.188. The SMILES string of the molecule is CC(C)(C)c1ccc2[nH]c3c(-c4nc5c(-c6cc(-c7cc(-c8ccccc8)ccn7)cc7ccccc67)cccc5n4-c4cccc5ccccc45)cc(C(C)(C)C)cc3c2c1. The van der Waals surface area contributed by atoms with Crippen LogP contribution in [0.2, 0.25) is 0 Å². The summed E-state index contributed by atoms with van der Waals surface area (Å²) in [6.45, 7) is 13.8. The molecule has 0 aliphatic rings. The standard InChI is InChI=1S/C58H48N4/c1-57(2,3)41-26-27-50-47(33-41)48-34-42(58(4,5)6)35-49(54(48)60-50)56-61-55-45(23-15-25-53(55)62(56)52-24-14-20-37-18-10-13-22-44(37)52)46-31-40(30-39-19-11-12-21-43(39)46)51-32-38(28-29-59-51)36-16-8-7-9-17-36/h7-35,60H,1-6H3. The molecule has 1 N–H and O–H groups in total. The molecule has 0 bridgehead atoms. The van der Waals surface area contributed by atoms with Gasteiger partial charge in [-0.25, -0.2) is 4.98 Å². The second-order valence-corrected chi connectivity index (χ2v) is 18.8. The van der Waals surface area contributed by atoms with Gasteiger partial charge in [-0.15, -0.1) is 0 Å². The Kier molecular flexibility index (Phi) is 8.59. The van der Waals surface area contributed by atoms with Gasteiger partial charge in [-0.3, -0.25) is 9.55 Å². The number of H-pyrrole nitrogens is 1. The van der Waals surface area contributed by atoms with E-state index in [0.717, 1.165) is 72.5 Å². The zero-order valence-corrected chi connectivity index (χ0v) is 36.1. The largest absolute Gasteiger partial charge is 0.354 e. The summed E-state index contributed by atoms with van der Waals surface area (Å²) in [4.78, 5) is 14.7. The van der Waals surface area contributed by atoms with E-state index in [0.29, 0.717) is 0 Å². The Morgan fingerprint density at radius 3 is 1.98 bits per heavy atom. The maximum absolute atomic E-state index is 5.83. The number of rotatable bonds is 5. The highest BCUT2D eigenvalue weighted by molar-refractivity contribution is 6.13. The van der Waals surface area contributed by atoms with Gasteiger partial charge in [0.05, 0.1) is 27.9 Å². The summed E-state index contributed by atoms with van der Waals surface area (Å²) in [5.74, 6) is 0.903. The van der Waals surface area contributed by atoms with Crippen molar-refractivity contribution in [3.8, 4) is 50.6 Å². The van der Waals surface area contributed by atoms with Crippen molar-refractivity contribution in [2.24, 2.45) is 0 Å². The minimum Gasteiger partial charge on any atom is -0.354 e. The molecule has 0 radical (unpaired) electrons. The van der Waals surface area contributed by atoms with E-state index < -0.39 is 0 Å². The molecular weight excluding hydrogens is 753 g/mol. The Hall–Kier alpha value is -7.30. The summed E-state index contributed by atoms with van der Waals surface area (Å²) in [5.41, 5.74) is 15.4. The minimum atomic E-state index is -0.110. The number of para-hydroxylation sites is 1. The van der Waals surface area contributed by atoms with E-state index >= 15 is 0 Å². The van der Waals surface area contributed by atoms with Crippen molar-refractivity contribution in [2.75, 3.05) is 0 Å². The third-order valence-electron chi connectivity index (χ3n) is 12.7. The van der Waals surface area contributed by atoms with Crippen molar-refractivity contribution < 1.29 is 0 Å². The molecule has 0 saturated heterocycles. The highest BCUT2D eigenvalue weighted by Gasteiger charge is 2.26. The van der Waals surface area contributed by atoms with Gasteiger partial charge < -0.3 is 4.98 Å². The van der Waals surface area contributed by atoms with Crippen LogP contribution in [-0.4, -0.2) is 19.5 Å². The van der Waals surface area contributed by atoms with Gasteiger partial charge in [0.15, 0.2) is 0 Å². The van der Waals surface area contributed by atoms with Crippen molar-refractivity contribution in [2.45, 2.75) is 52.4 Å². The molecule has 11 aromatic rings. The van der Waals surface area contributed by atoms with Crippen molar-refractivity contribution >= 4 is 54.4 Å². The second-order valence-electron chi connectivity index (χ2n) is 18.8. The number of aromatic nitrogens is 4. The lowest BCUT2D eigenvalue weighted by molar-refractivity contribution is 0.590. The maximum Gasteiger partial charge on any atom is 0.147 e. The molecule has 0 amide bonds. The van der Waals surface area contributed by atoms with Gasteiger partial charge in [-0.1, -0.05) is 151 Å². The minimum absolute atomic E-state index is 0.0171. The van der Waals surface area contributed by atoms with Crippen LogP contribution in [0.15, 0.2) is 176 Å². The summed E-state index contributed by atoms with van der Waals surface area (Å²) < 4.78 is 2.41. The van der Waals surface area contributed by atoms with E-state index in [4.69, 9.17) is 9.97 Å². The van der Waals surface area contributed by atoms with Crippen molar-refractivity contribution in [3.63, 3.8) is 0 Å². The summed E-state index contributed by atoms with van der Waals surface area (Å²) in [6, 6.07) is 61.8. The van der Waals surface area contributed by atoms with Crippen LogP contribution in [0.3, 0.4) is 0 Å². The Balaban J connectivity index is 1.23. The fourth-order valence-electron chi connectivity index (χ4n) is 9.30. The summed E-state index contributed by atoms with van der Waals surface area (Å²) in [5, 5.41) is 7.14. The molecule has 11 rings (SSSR count). The van der Waals surface area contributed by atoms with E-state index in [1.165, 1.54) is 43.6 Å². The first-order valence-corrected chi connectivity index (χ1v) is 21.7. The van der Waals surface area contributed by atoms with Gasteiger partial charge in [0.2, 0.25) is 0 Å². The van der Waals surface area contributed by atoms with E-state index in [9.17, 15) is 0 Å². The van der Waals surface area contributed by atoms with Gasteiger partial charge in [0, 0.05) is 44.6 Å². The summed E-state index contributed by atoms with van der Waals surface area (Å²) in [6.07, 6.45) is 1.92. The van der Waals surface area contributed by atoms with Crippen LogP contribution in [-0.2, 0) is 10.8 Å². The lowest BCUT2D eigenvalue weighted by Gasteiger charge is -2.21. The molecule has 4 heteroatoms. The van der Waals surface area contributed by atoms with E-state index in [1.54, 1.807) is 0 Å². The number of benzene rings is 8. The number of fused-ring (bicyclic) bond motifs is 6. The highest BCUT2D eigenvalue weighted by Crippen LogP contribution is 2.44. The zero-order valence-electron chi connectivity index (χ0n) is 36.1. The van der Waals surface area contributed by atoms with Crippen molar-refractivity contribution in [1.82, 2.24) is 19.5 Å². The van der Waals surface area contributed by atoms with Gasteiger partial charge in [-0.05, 0) is 115 Å². The Morgan fingerprint density at radius 2 is 1.18 bits per heavy atom. The number of nitrogens with one attached hydrogen (secondary N) is 1. The number of pyridine rings is 1. The lowest BCUT2D eigenvalue weighted by atomic mass is 9.84. The Labute approximate surface area is 362 Å². The first-order chi connectivity index (χ1) is 30.0. The summed E-state index contributed by atoms with van der Waals surface area (Å²) in [7, 11) is 0. The van der Waals surface area contributed by atoms with Crippen LogP contribution >= 0.6 is 0 Å². The number of aromatic amines is 1. The van der Waals surface area contributed by atoms with Crippen LogP contribution in [0.25, 0.3) is 105 Å². The Bertz CT molecular complexity index is 3530. The molecule has 62 heavy (non-hydrogen) atoms. The maximum atomic E-state index is 5.83. The molecular formula is C58H48N4. The zero-order chi connectivity index (χ0) is 42.3. The smallest absolute Gasteiger partial charge is 0.147 e. The molecule has 3 aromatic heterocycles. The molecule has 8 aromatic carbocycles. The fourth-order valence-corrected chi connectivity index (χ4v) is 9.30. The van der Waals surface area contributed by atoms with Crippen LogP contribution in [0.5, 0.6) is 0 Å². The number of hydrogen-bond acceptors (Lipinski definition) is 2. The van der Waals surface area contributed by atoms with Crippen LogP contribution in [0.1, 0.15) is 52.7 Å². The topological polar surface area (TPSA) is 46.5 Å². The molecule has 0 atom stereocenters. The molecule has 4 nitrogen and oxygen atoms in total. The van der Waals surface area contributed by atoms with Crippen molar-refractivity contribution in [1.29, 1.82) is 0 Å². The third-order valence-corrected chi connectivity index (χ3v) is 12.7. The van der Waals surface area contributed by atoms with Gasteiger partial charge in [0.1, 0.15) is 5.82 Å². The third kappa shape index (κ3) is 6.29. The van der Waals surface area contributed by atoms with E-state index in [2.05, 4.69) is 221 Å². The van der Waals surface area contributed by atoms with Crippen LogP contribution < -0.4 is 0 Å². The summed E-state index contributed by atoms with van der Waals surface area (Å²) >= 11 is 0.